The summed E-state index contributed by atoms with van der Waals surface area (Å²) in [6, 6.07) is 0. The topological polar surface area (TPSA) is 76.7 Å². The van der Waals surface area contributed by atoms with E-state index in [2.05, 4.69) is 38.0 Å². The van der Waals surface area contributed by atoms with Gasteiger partial charge in [-0.15, -0.1) is 6.58 Å². The monoisotopic (exact) mass is 424 g/mol. The zero-order chi connectivity index (χ0) is 22.8. The van der Waals surface area contributed by atoms with E-state index in [0.29, 0.717) is 44.6 Å². The molecule has 0 saturated heterocycles. The summed E-state index contributed by atoms with van der Waals surface area (Å²) >= 11 is 0. The van der Waals surface area contributed by atoms with E-state index in [1.54, 1.807) is 7.11 Å². The molecule has 0 aliphatic heterocycles. The Morgan fingerprint density at radius 2 is 1.67 bits per heavy atom. The Bertz CT molecular complexity index is 559. The first-order valence-corrected chi connectivity index (χ1v) is 11.3. The van der Waals surface area contributed by atoms with E-state index in [1.165, 1.54) is 19.3 Å². The Hall–Kier alpha value is -1.56. The van der Waals surface area contributed by atoms with Crippen LogP contribution in [0.2, 0.25) is 0 Å². The lowest BCUT2D eigenvalue weighted by atomic mass is 9.85. The summed E-state index contributed by atoms with van der Waals surface area (Å²) in [6.45, 7) is 16.1. The maximum Gasteiger partial charge on any atom is 0.407 e. The zero-order valence-corrected chi connectivity index (χ0v) is 20.0. The molecule has 1 aliphatic rings. The van der Waals surface area contributed by atoms with Crippen LogP contribution in [0.25, 0.3) is 0 Å². The highest BCUT2D eigenvalue weighted by atomic mass is 16.5. The van der Waals surface area contributed by atoms with Gasteiger partial charge in [0, 0.05) is 32.0 Å². The first-order chi connectivity index (χ1) is 14.1. The van der Waals surface area contributed by atoms with Gasteiger partial charge in [0.25, 0.3) is 0 Å². The summed E-state index contributed by atoms with van der Waals surface area (Å²) in [5.74, 6) is 1.99. The number of nitrogens with one attached hydrogen (secondary N) is 2. The van der Waals surface area contributed by atoms with Crippen molar-refractivity contribution in [3.63, 3.8) is 0 Å². The molecule has 2 amide bonds. The molecule has 0 heterocycles. The number of hydrogen-bond donors (Lipinski definition) is 2. The summed E-state index contributed by atoms with van der Waals surface area (Å²) in [5.41, 5.74) is -0.247. The molecule has 2 N–H and O–H groups in total. The molecule has 0 bridgehead atoms. The second-order valence-corrected chi connectivity index (χ2v) is 10.1. The van der Waals surface area contributed by atoms with Crippen LogP contribution in [0.1, 0.15) is 66.7 Å². The molecule has 1 saturated carbocycles. The first-order valence-electron chi connectivity index (χ1n) is 11.3. The third kappa shape index (κ3) is 9.07. The normalized spacial score (nSPS) is 21.1. The average molecular weight is 425 g/mol. The second-order valence-electron chi connectivity index (χ2n) is 10.1. The number of carbonyl (C=O) groups is 2. The van der Waals surface area contributed by atoms with Gasteiger partial charge in [-0.2, -0.15) is 0 Å². The van der Waals surface area contributed by atoms with Gasteiger partial charge in [0.2, 0.25) is 5.91 Å². The number of rotatable bonds is 15. The van der Waals surface area contributed by atoms with Crippen molar-refractivity contribution in [2.45, 2.75) is 66.7 Å². The van der Waals surface area contributed by atoms with Gasteiger partial charge in [-0.05, 0) is 36.0 Å². The van der Waals surface area contributed by atoms with Gasteiger partial charge in [0.1, 0.15) is 0 Å². The third-order valence-electron chi connectivity index (χ3n) is 6.03. The number of allylic oxidation sites excluding steroid dienone is 1. The Morgan fingerprint density at radius 3 is 2.27 bits per heavy atom. The highest BCUT2D eigenvalue weighted by Crippen LogP contribution is 2.60. The van der Waals surface area contributed by atoms with Crippen molar-refractivity contribution in [2.24, 2.45) is 28.6 Å². The number of methoxy groups -OCH3 is 1. The van der Waals surface area contributed by atoms with Gasteiger partial charge < -0.3 is 20.1 Å². The van der Waals surface area contributed by atoms with E-state index in [1.807, 2.05) is 19.9 Å². The van der Waals surface area contributed by atoms with Gasteiger partial charge in [-0.3, -0.25) is 4.79 Å². The molecule has 0 aromatic carbocycles. The van der Waals surface area contributed by atoms with E-state index >= 15 is 0 Å². The van der Waals surface area contributed by atoms with Gasteiger partial charge in [-0.1, -0.05) is 53.5 Å². The minimum Gasteiger partial charge on any atom is -0.449 e. The summed E-state index contributed by atoms with van der Waals surface area (Å²) in [6.07, 6.45) is 6.61. The molecule has 0 aromatic rings. The standard InChI is InChI=1S/C24H44N2O4/c1-8-10-12-19-18(11-9-2)21(19)24(5,6)17-30-22(28)26-14-13-25-20(27)15-23(3,4)16-29-7/h8,18-19,21H,1,9-17H2,2-7H3,(H,25,27)(H,26,28). The molecule has 0 radical (unpaired) electrons. The molecule has 1 fully saturated rings. The summed E-state index contributed by atoms with van der Waals surface area (Å²) in [4.78, 5) is 24.1. The first kappa shape index (κ1) is 26.5. The number of hydrogen-bond acceptors (Lipinski definition) is 4. The quantitative estimate of drug-likeness (QED) is 0.299. The van der Waals surface area contributed by atoms with Crippen molar-refractivity contribution >= 4 is 12.0 Å². The maximum absolute atomic E-state index is 12.1. The minimum atomic E-state index is -0.424. The molecular formula is C24H44N2O4. The van der Waals surface area contributed by atoms with Crippen molar-refractivity contribution in [3.8, 4) is 0 Å². The van der Waals surface area contributed by atoms with E-state index in [0.717, 1.165) is 12.3 Å². The lowest BCUT2D eigenvalue weighted by Crippen LogP contribution is -2.38. The molecule has 6 nitrogen and oxygen atoms in total. The summed E-state index contributed by atoms with van der Waals surface area (Å²) < 4.78 is 10.6. The molecule has 174 valence electrons. The smallest absolute Gasteiger partial charge is 0.407 e. The van der Waals surface area contributed by atoms with Crippen molar-refractivity contribution in [1.29, 1.82) is 0 Å². The Balaban J connectivity index is 2.30. The number of amides is 2. The van der Waals surface area contributed by atoms with Crippen LogP contribution in [0.15, 0.2) is 12.7 Å². The number of alkyl carbamates (subject to hydrolysis) is 1. The SMILES string of the molecule is C=CCCC1C(CCC)C1C(C)(C)COC(=O)NCCNC(=O)CC(C)(C)COC. The molecule has 6 heteroatoms. The Labute approximate surface area is 183 Å². The van der Waals surface area contributed by atoms with Crippen LogP contribution in [0.3, 0.4) is 0 Å². The fourth-order valence-corrected chi connectivity index (χ4v) is 4.74. The van der Waals surface area contributed by atoms with Crippen molar-refractivity contribution < 1.29 is 19.1 Å². The van der Waals surface area contributed by atoms with Gasteiger partial charge >= 0.3 is 6.09 Å². The predicted molar refractivity (Wildman–Crippen MR) is 121 cm³/mol. The lowest BCUT2D eigenvalue weighted by Gasteiger charge is -2.25. The minimum absolute atomic E-state index is 0.0375. The molecular weight excluding hydrogens is 380 g/mol. The highest BCUT2D eigenvalue weighted by Gasteiger charge is 2.55. The summed E-state index contributed by atoms with van der Waals surface area (Å²) in [7, 11) is 1.63. The van der Waals surface area contributed by atoms with Crippen LogP contribution in [0, 0.1) is 28.6 Å². The highest BCUT2D eigenvalue weighted by molar-refractivity contribution is 5.76. The predicted octanol–water partition coefficient (Wildman–Crippen LogP) is 4.55. The number of carbonyl (C=O) groups excluding carboxylic acids is 2. The van der Waals surface area contributed by atoms with Crippen LogP contribution >= 0.6 is 0 Å². The zero-order valence-electron chi connectivity index (χ0n) is 20.0. The van der Waals surface area contributed by atoms with Gasteiger partial charge in [0.05, 0.1) is 13.2 Å². The maximum atomic E-state index is 12.1. The van der Waals surface area contributed by atoms with Crippen molar-refractivity contribution in [3.05, 3.63) is 12.7 Å². The third-order valence-corrected chi connectivity index (χ3v) is 6.03. The Morgan fingerprint density at radius 1 is 1.03 bits per heavy atom. The van der Waals surface area contributed by atoms with E-state index in [-0.39, 0.29) is 16.7 Å². The molecule has 1 rings (SSSR count). The van der Waals surface area contributed by atoms with Gasteiger partial charge in [-0.25, -0.2) is 4.79 Å². The summed E-state index contributed by atoms with van der Waals surface area (Å²) in [5, 5.41) is 5.55. The second kappa shape index (κ2) is 12.3. The van der Waals surface area contributed by atoms with Crippen LogP contribution in [-0.4, -0.2) is 45.4 Å². The van der Waals surface area contributed by atoms with Crippen molar-refractivity contribution in [2.75, 3.05) is 33.4 Å². The molecule has 3 unspecified atom stereocenters. The molecule has 1 aliphatic carbocycles. The van der Waals surface area contributed by atoms with Crippen molar-refractivity contribution in [1.82, 2.24) is 10.6 Å². The van der Waals surface area contributed by atoms with Crippen LogP contribution in [0.4, 0.5) is 4.79 Å². The molecule has 0 aromatic heterocycles. The largest absolute Gasteiger partial charge is 0.449 e. The molecule has 0 spiro atoms. The average Bonchev–Trinajstić information content (AvgIpc) is 3.35. The van der Waals surface area contributed by atoms with E-state index in [4.69, 9.17) is 9.47 Å². The lowest BCUT2D eigenvalue weighted by molar-refractivity contribution is -0.123. The van der Waals surface area contributed by atoms with Crippen LogP contribution < -0.4 is 10.6 Å². The van der Waals surface area contributed by atoms with E-state index in [9.17, 15) is 9.59 Å². The fourth-order valence-electron chi connectivity index (χ4n) is 4.74. The van der Waals surface area contributed by atoms with Crippen LogP contribution in [0.5, 0.6) is 0 Å². The fraction of sp³-hybridized carbons (Fsp3) is 0.833. The number of ether oxygens (including phenoxy) is 2. The molecule has 3 atom stereocenters. The van der Waals surface area contributed by atoms with Crippen LogP contribution in [-0.2, 0) is 14.3 Å². The van der Waals surface area contributed by atoms with E-state index < -0.39 is 6.09 Å². The Kier molecular flexibility index (Phi) is 10.9. The molecule has 30 heavy (non-hydrogen) atoms. The van der Waals surface area contributed by atoms with Gasteiger partial charge in [0.15, 0.2) is 0 Å².